The fourth-order valence-corrected chi connectivity index (χ4v) is 3.11. The van der Waals surface area contributed by atoms with Crippen LogP contribution in [-0.4, -0.2) is 5.78 Å². The molecule has 4 aliphatic rings. The first-order valence-electron chi connectivity index (χ1n) is 3.19. The Morgan fingerprint density at radius 2 is 1.62 bits per heavy atom. The van der Waals surface area contributed by atoms with Crippen molar-refractivity contribution in [3.8, 4) is 0 Å². The van der Waals surface area contributed by atoms with Crippen molar-refractivity contribution >= 4 is 5.78 Å². The van der Waals surface area contributed by atoms with E-state index in [-0.39, 0.29) is 0 Å². The Kier molecular flexibility index (Phi) is 0.229. The molecule has 4 rings (SSSR count). The third-order valence-corrected chi connectivity index (χ3v) is 3.96. The van der Waals surface area contributed by atoms with Crippen molar-refractivity contribution in [3.63, 3.8) is 0 Å². The molecule has 0 N–H and O–H groups in total. The molecule has 2 bridgehead atoms. The van der Waals surface area contributed by atoms with Crippen molar-refractivity contribution < 1.29 is 4.79 Å². The van der Waals surface area contributed by atoms with Gasteiger partial charge in [0.2, 0.25) is 0 Å². The van der Waals surface area contributed by atoms with E-state index in [4.69, 9.17) is 0 Å². The molecule has 0 saturated heterocycles. The van der Waals surface area contributed by atoms with Crippen molar-refractivity contribution in [2.45, 2.75) is 13.8 Å². The summed E-state index contributed by atoms with van der Waals surface area (Å²) in [5.74, 6) is 1.58. The second kappa shape index (κ2) is 0.502. The normalized spacial score (nSPS) is 80.5. The Labute approximate surface area is 48.1 Å². The maximum absolute atomic E-state index is 10.7. The predicted octanol–water partition coefficient (Wildman–Crippen LogP) is 0.841. The molecule has 0 atom stereocenters. The highest BCUT2D eigenvalue weighted by atomic mass is 16.1. The minimum atomic E-state index is 0.514. The Bertz CT molecular complexity index is 186. The van der Waals surface area contributed by atoms with Gasteiger partial charge >= 0.3 is 0 Å². The second-order valence-electron chi connectivity index (χ2n) is 3.83. The fourth-order valence-electron chi connectivity index (χ4n) is 3.11. The summed E-state index contributed by atoms with van der Waals surface area (Å²) in [6, 6.07) is 0. The third kappa shape index (κ3) is 0.0920. The molecule has 8 heavy (non-hydrogen) atoms. The number of carbonyl (C=O) groups excluding carboxylic acids is 1. The van der Waals surface area contributed by atoms with E-state index < -0.39 is 0 Å². The molecule has 1 heteroatoms. The van der Waals surface area contributed by atoms with Gasteiger partial charge in [-0.1, -0.05) is 13.8 Å². The average molecular weight is 108 g/mol. The molecule has 0 amide bonds. The first-order valence-corrected chi connectivity index (χ1v) is 3.19. The van der Waals surface area contributed by atoms with Crippen molar-refractivity contribution in [2.75, 3.05) is 0 Å². The molecule has 0 aromatic heterocycles. The lowest BCUT2D eigenvalue weighted by Crippen LogP contribution is -2.39. The van der Waals surface area contributed by atoms with E-state index >= 15 is 0 Å². The van der Waals surface area contributed by atoms with E-state index in [0.717, 1.165) is 0 Å². The Balaban J connectivity index is 2.19. The molecule has 0 aromatic carbocycles. The Morgan fingerprint density at radius 1 is 1.25 bits per heavy atom. The molecule has 4 aliphatic carbocycles. The molecular weight excluding hydrogens is 100 g/mol. The van der Waals surface area contributed by atoms with Gasteiger partial charge in [0.15, 0.2) is 0 Å². The summed E-state index contributed by atoms with van der Waals surface area (Å²) in [5.41, 5.74) is 1.06. The SMILES string of the molecule is CC12C3C(=O)C1C32C. The standard InChI is InChI=1S/C7H8O/c1-6-4-3(8)5(6)7(4,6)2/h4-5H,1-2H3. The van der Waals surface area contributed by atoms with Gasteiger partial charge in [-0.3, -0.25) is 4.79 Å². The zero-order chi connectivity index (χ0) is 5.73. The van der Waals surface area contributed by atoms with Gasteiger partial charge in [0.1, 0.15) is 5.78 Å². The monoisotopic (exact) mass is 108 g/mol. The number of ketones is 1. The Morgan fingerprint density at radius 3 is 1.62 bits per heavy atom. The van der Waals surface area contributed by atoms with Crippen molar-refractivity contribution in [1.29, 1.82) is 0 Å². The zero-order valence-electron chi connectivity index (χ0n) is 5.06. The van der Waals surface area contributed by atoms with E-state index in [9.17, 15) is 4.79 Å². The van der Waals surface area contributed by atoms with Crippen LogP contribution in [0.1, 0.15) is 13.8 Å². The first kappa shape index (κ1) is 3.65. The highest BCUT2D eigenvalue weighted by Gasteiger charge is 3.06. The molecule has 4 saturated carbocycles. The van der Waals surface area contributed by atoms with Crippen LogP contribution in [-0.2, 0) is 4.79 Å². The molecule has 0 aromatic rings. The van der Waals surface area contributed by atoms with E-state index in [1.165, 1.54) is 0 Å². The van der Waals surface area contributed by atoms with Crippen molar-refractivity contribution in [2.24, 2.45) is 22.7 Å². The number of Topliss-reactive ketones (excluding diaryl/α,β-unsaturated/α-hetero) is 1. The van der Waals surface area contributed by atoms with E-state index in [1.807, 2.05) is 0 Å². The first-order chi connectivity index (χ1) is 3.65. The molecule has 42 valence electrons. The molecular formula is C7H8O. The third-order valence-electron chi connectivity index (χ3n) is 3.96. The molecule has 0 aliphatic heterocycles. The van der Waals surface area contributed by atoms with Gasteiger partial charge in [-0.2, -0.15) is 0 Å². The summed E-state index contributed by atoms with van der Waals surface area (Å²) in [5, 5.41) is 0. The van der Waals surface area contributed by atoms with Crippen LogP contribution in [0.25, 0.3) is 0 Å². The van der Waals surface area contributed by atoms with Gasteiger partial charge in [-0.15, -0.1) is 0 Å². The van der Waals surface area contributed by atoms with Gasteiger partial charge in [0, 0.05) is 11.8 Å². The van der Waals surface area contributed by atoms with Crippen LogP contribution in [0.15, 0.2) is 0 Å². The zero-order valence-corrected chi connectivity index (χ0v) is 5.06. The fraction of sp³-hybridized carbons (Fsp3) is 0.857. The largest absolute Gasteiger partial charge is 0.299 e. The highest BCUT2D eigenvalue weighted by Crippen LogP contribution is 3.03. The van der Waals surface area contributed by atoms with Crippen LogP contribution in [0.2, 0.25) is 0 Å². The molecule has 0 heterocycles. The molecule has 0 unspecified atom stereocenters. The summed E-state index contributed by atoms with van der Waals surface area (Å²) in [7, 11) is 0. The Hall–Kier alpha value is -0.330. The van der Waals surface area contributed by atoms with Gasteiger partial charge in [-0.25, -0.2) is 0 Å². The van der Waals surface area contributed by atoms with Gasteiger partial charge in [0.25, 0.3) is 0 Å². The van der Waals surface area contributed by atoms with E-state index in [2.05, 4.69) is 13.8 Å². The van der Waals surface area contributed by atoms with Crippen LogP contribution in [0.5, 0.6) is 0 Å². The highest BCUT2D eigenvalue weighted by molar-refractivity contribution is 6.10. The number of rotatable bonds is 0. The lowest BCUT2D eigenvalue weighted by molar-refractivity contribution is -0.137. The summed E-state index contributed by atoms with van der Waals surface area (Å²) < 4.78 is 0. The maximum atomic E-state index is 10.7. The number of hydrogen-bond acceptors (Lipinski definition) is 1. The number of carbonyl (C=O) groups is 1. The lowest BCUT2D eigenvalue weighted by atomic mass is 9.71. The molecule has 0 spiro atoms. The quantitative estimate of drug-likeness (QED) is 0.449. The average Bonchev–Trinajstić information content (AvgIpc) is 2.19. The number of hydrogen-bond donors (Lipinski definition) is 0. The van der Waals surface area contributed by atoms with Gasteiger partial charge in [-0.05, 0) is 10.8 Å². The van der Waals surface area contributed by atoms with Gasteiger partial charge in [0.05, 0.1) is 0 Å². The summed E-state index contributed by atoms with van der Waals surface area (Å²) in [4.78, 5) is 10.7. The summed E-state index contributed by atoms with van der Waals surface area (Å²) >= 11 is 0. The van der Waals surface area contributed by atoms with E-state index in [1.54, 1.807) is 0 Å². The predicted molar refractivity (Wildman–Crippen MR) is 28.2 cm³/mol. The van der Waals surface area contributed by atoms with Crippen LogP contribution in [0.3, 0.4) is 0 Å². The second-order valence-corrected chi connectivity index (χ2v) is 3.83. The minimum absolute atomic E-state index is 0.514. The molecule has 4 fully saturated rings. The molecule has 1 nitrogen and oxygen atoms in total. The van der Waals surface area contributed by atoms with Gasteiger partial charge < -0.3 is 0 Å². The van der Waals surface area contributed by atoms with Crippen molar-refractivity contribution in [3.05, 3.63) is 0 Å². The van der Waals surface area contributed by atoms with Crippen LogP contribution in [0.4, 0.5) is 0 Å². The van der Waals surface area contributed by atoms with Crippen LogP contribution in [0, 0.1) is 22.7 Å². The maximum Gasteiger partial charge on any atom is 0.141 e. The van der Waals surface area contributed by atoms with Crippen LogP contribution >= 0.6 is 0 Å². The summed E-state index contributed by atoms with van der Waals surface area (Å²) in [6.45, 7) is 4.48. The van der Waals surface area contributed by atoms with Crippen LogP contribution < -0.4 is 0 Å². The minimum Gasteiger partial charge on any atom is -0.299 e. The summed E-state index contributed by atoms with van der Waals surface area (Å²) in [6.07, 6.45) is 0. The topological polar surface area (TPSA) is 17.1 Å². The van der Waals surface area contributed by atoms with E-state index in [0.29, 0.717) is 28.4 Å². The molecule has 0 radical (unpaired) electrons. The smallest absolute Gasteiger partial charge is 0.141 e. The lowest BCUT2D eigenvalue weighted by Gasteiger charge is -2.29. The van der Waals surface area contributed by atoms with Crippen molar-refractivity contribution in [1.82, 2.24) is 0 Å².